The van der Waals surface area contributed by atoms with Gasteiger partial charge in [0.05, 0.1) is 10.7 Å². The maximum Gasteiger partial charge on any atom is 0.272 e. The lowest BCUT2D eigenvalue weighted by molar-refractivity contribution is 0.0755. The number of hydrogen-bond donors (Lipinski definition) is 0. The molecule has 0 spiro atoms. The van der Waals surface area contributed by atoms with Gasteiger partial charge < -0.3 is 9.64 Å². The molecule has 1 fully saturated rings. The lowest BCUT2D eigenvalue weighted by atomic mass is 10.2. The van der Waals surface area contributed by atoms with Crippen LogP contribution in [0, 0.1) is 6.92 Å². The standard InChI is InChI=1S/C20H23ClN2O2/c1-15-8-6-10-17(21)19(15)25-14-16-9-7-11-18(22-16)20(24)23-12-4-2-3-5-13-23/h6-11H,2-5,12-14H2,1H3. The Morgan fingerprint density at radius 2 is 1.84 bits per heavy atom. The number of nitrogens with zero attached hydrogens (tertiary/aromatic N) is 2. The first kappa shape index (κ1) is 17.7. The quantitative estimate of drug-likeness (QED) is 0.799. The number of hydrogen-bond acceptors (Lipinski definition) is 3. The Bertz CT molecular complexity index is 720. The Morgan fingerprint density at radius 1 is 1.12 bits per heavy atom. The molecule has 5 heteroatoms. The average molecular weight is 359 g/mol. The van der Waals surface area contributed by atoms with E-state index in [1.165, 1.54) is 12.8 Å². The van der Waals surface area contributed by atoms with E-state index < -0.39 is 0 Å². The molecule has 1 aliphatic heterocycles. The molecule has 0 N–H and O–H groups in total. The van der Waals surface area contributed by atoms with Crippen molar-refractivity contribution in [2.24, 2.45) is 0 Å². The van der Waals surface area contributed by atoms with Crippen LogP contribution in [0.25, 0.3) is 0 Å². The van der Waals surface area contributed by atoms with Gasteiger partial charge in [-0.1, -0.05) is 42.6 Å². The molecule has 2 heterocycles. The number of likely N-dealkylation sites (tertiary alicyclic amines) is 1. The Balaban J connectivity index is 1.70. The topological polar surface area (TPSA) is 42.4 Å². The van der Waals surface area contributed by atoms with Gasteiger partial charge in [-0.3, -0.25) is 4.79 Å². The predicted molar refractivity (Wildman–Crippen MR) is 99.1 cm³/mol. The molecule has 25 heavy (non-hydrogen) atoms. The molecule has 4 nitrogen and oxygen atoms in total. The van der Waals surface area contributed by atoms with Crippen molar-refractivity contribution in [3.05, 3.63) is 58.4 Å². The number of aromatic nitrogens is 1. The van der Waals surface area contributed by atoms with Crippen molar-refractivity contribution in [3.8, 4) is 5.75 Å². The molecule has 1 saturated heterocycles. The van der Waals surface area contributed by atoms with Crippen LogP contribution in [0.3, 0.4) is 0 Å². The monoisotopic (exact) mass is 358 g/mol. The molecule has 2 aromatic rings. The lowest BCUT2D eigenvalue weighted by Gasteiger charge is -2.20. The van der Waals surface area contributed by atoms with E-state index in [1.54, 1.807) is 12.1 Å². The third-order valence-electron chi connectivity index (χ3n) is 4.45. The van der Waals surface area contributed by atoms with Crippen molar-refractivity contribution >= 4 is 17.5 Å². The largest absolute Gasteiger partial charge is 0.485 e. The van der Waals surface area contributed by atoms with Crippen molar-refractivity contribution in [2.75, 3.05) is 13.1 Å². The third-order valence-corrected chi connectivity index (χ3v) is 4.75. The van der Waals surface area contributed by atoms with Gasteiger partial charge in [-0.2, -0.15) is 0 Å². The van der Waals surface area contributed by atoms with Gasteiger partial charge in [0.2, 0.25) is 0 Å². The minimum absolute atomic E-state index is 0.0117. The van der Waals surface area contributed by atoms with Gasteiger partial charge in [0.1, 0.15) is 18.1 Å². The van der Waals surface area contributed by atoms with Crippen LogP contribution in [-0.2, 0) is 6.61 Å². The van der Waals surface area contributed by atoms with Crippen LogP contribution >= 0.6 is 11.6 Å². The predicted octanol–water partition coefficient (Wildman–Crippen LogP) is 4.64. The maximum absolute atomic E-state index is 12.7. The first-order valence-corrected chi connectivity index (χ1v) is 9.16. The highest BCUT2D eigenvalue weighted by atomic mass is 35.5. The van der Waals surface area contributed by atoms with Crippen molar-refractivity contribution in [3.63, 3.8) is 0 Å². The highest BCUT2D eigenvalue weighted by Crippen LogP contribution is 2.28. The molecule has 1 aliphatic rings. The SMILES string of the molecule is Cc1cccc(Cl)c1OCc1cccc(C(=O)N2CCCCCC2)n1. The van der Waals surface area contributed by atoms with E-state index >= 15 is 0 Å². The van der Waals surface area contributed by atoms with Gasteiger partial charge in [-0.25, -0.2) is 4.98 Å². The molecular formula is C20H23ClN2O2. The van der Waals surface area contributed by atoms with Crippen molar-refractivity contribution in [1.82, 2.24) is 9.88 Å². The van der Waals surface area contributed by atoms with Gasteiger partial charge in [-0.05, 0) is 43.5 Å². The summed E-state index contributed by atoms with van der Waals surface area (Å²) in [6.45, 7) is 3.87. The maximum atomic E-state index is 12.7. The fourth-order valence-corrected chi connectivity index (χ4v) is 3.34. The van der Waals surface area contributed by atoms with E-state index in [9.17, 15) is 4.79 Å². The third kappa shape index (κ3) is 4.51. The number of aryl methyl sites for hydroxylation is 1. The zero-order valence-electron chi connectivity index (χ0n) is 14.5. The molecule has 132 valence electrons. The molecule has 0 unspecified atom stereocenters. The van der Waals surface area contributed by atoms with E-state index in [2.05, 4.69) is 4.98 Å². The van der Waals surface area contributed by atoms with Crippen LogP contribution in [-0.4, -0.2) is 28.9 Å². The molecule has 3 rings (SSSR count). The molecule has 0 aliphatic carbocycles. The first-order valence-electron chi connectivity index (χ1n) is 8.78. The first-order chi connectivity index (χ1) is 12.1. The van der Waals surface area contributed by atoms with E-state index in [4.69, 9.17) is 16.3 Å². The Kier molecular flexibility index (Phi) is 5.92. The van der Waals surface area contributed by atoms with Gasteiger partial charge >= 0.3 is 0 Å². The normalized spacial score (nSPS) is 14.9. The number of para-hydroxylation sites is 1. The summed E-state index contributed by atoms with van der Waals surface area (Å²) in [6, 6.07) is 11.1. The molecular weight excluding hydrogens is 336 g/mol. The number of ether oxygens (including phenoxy) is 1. The van der Waals surface area contributed by atoms with Crippen LogP contribution in [0.2, 0.25) is 5.02 Å². The van der Waals surface area contributed by atoms with Crippen LogP contribution in [0.15, 0.2) is 36.4 Å². The number of benzene rings is 1. The lowest BCUT2D eigenvalue weighted by Crippen LogP contribution is -2.32. The summed E-state index contributed by atoms with van der Waals surface area (Å²) in [5.41, 5.74) is 2.18. The fraction of sp³-hybridized carbons (Fsp3) is 0.400. The van der Waals surface area contributed by atoms with E-state index in [0.717, 1.165) is 37.2 Å². The number of rotatable bonds is 4. The van der Waals surface area contributed by atoms with Gasteiger partial charge in [-0.15, -0.1) is 0 Å². The molecule has 0 bridgehead atoms. The van der Waals surface area contributed by atoms with Crippen molar-refractivity contribution < 1.29 is 9.53 Å². The summed E-state index contributed by atoms with van der Waals surface area (Å²) < 4.78 is 5.83. The number of amides is 1. The Labute approximate surface area is 153 Å². The summed E-state index contributed by atoms with van der Waals surface area (Å²) in [4.78, 5) is 19.1. The van der Waals surface area contributed by atoms with Crippen LogP contribution < -0.4 is 4.74 Å². The zero-order valence-corrected chi connectivity index (χ0v) is 15.3. The minimum Gasteiger partial charge on any atom is -0.485 e. The van der Waals surface area contributed by atoms with E-state index in [0.29, 0.717) is 16.5 Å². The van der Waals surface area contributed by atoms with Gasteiger partial charge in [0.25, 0.3) is 5.91 Å². The highest BCUT2D eigenvalue weighted by molar-refractivity contribution is 6.32. The zero-order chi connectivity index (χ0) is 17.6. The summed E-state index contributed by atoms with van der Waals surface area (Å²) >= 11 is 6.19. The highest BCUT2D eigenvalue weighted by Gasteiger charge is 2.18. The second kappa shape index (κ2) is 8.34. The second-order valence-electron chi connectivity index (χ2n) is 6.40. The number of pyridine rings is 1. The second-order valence-corrected chi connectivity index (χ2v) is 6.80. The van der Waals surface area contributed by atoms with Crippen molar-refractivity contribution in [1.29, 1.82) is 0 Å². The molecule has 0 radical (unpaired) electrons. The molecule has 1 aromatic heterocycles. The number of halogens is 1. The fourth-order valence-electron chi connectivity index (χ4n) is 3.06. The molecule has 1 amide bonds. The van der Waals surface area contributed by atoms with E-state index in [-0.39, 0.29) is 12.5 Å². The molecule has 0 saturated carbocycles. The smallest absolute Gasteiger partial charge is 0.272 e. The van der Waals surface area contributed by atoms with Crippen LogP contribution in [0.1, 0.15) is 47.4 Å². The summed E-state index contributed by atoms with van der Waals surface area (Å²) in [7, 11) is 0. The molecule has 0 atom stereocenters. The van der Waals surface area contributed by atoms with Gasteiger partial charge in [0, 0.05) is 13.1 Å². The van der Waals surface area contributed by atoms with Crippen LogP contribution in [0.5, 0.6) is 5.75 Å². The van der Waals surface area contributed by atoms with Crippen molar-refractivity contribution in [2.45, 2.75) is 39.2 Å². The summed E-state index contributed by atoms with van der Waals surface area (Å²) in [6.07, 6.45) is 4.53. The molecule has 1 aromatic carbocycles. The summed E-state index contributed by atoms with van der Waals surface area (Å²) in [5, 5.41) is 0.580. The average Bonchev–Trinajstić information content (AvgIpc) is 2.90. The number of carbonyl (C=O) groups is 1. The summed E-state index contributed by atoms with van der Waals surface area (Å²) in [5.74, 6) is 0.674. The van der Waals surface area contributed by atoms with E-state index in [1.807, 2.05) is 36.1 Å². The minimum atomic E-state index is 0.0117. The Hall–Kier alpha value is -2.07. The van der Waals surface area contributed by atoms with Gasteiger partial charge in [0.15, 0.2) is 0 Å². The number of carbonyl (C=O) groups excluding carboxylic acids is 1. The Morgan fingerprint density at radius 3 is 2.56 bits per heavy atom. The van der Waals surface area contributed by atoms with Crippen LogP contribution in [0.4, 0.5) is 0 Å².